The van der Waals surface area contributed by atoms with Crippen molar-refractivity contribution in [2.45, 2.75) is 27.2 Å². The normalized spacial score (nSPS) is 10.8. The van der Waals surface area contributed by atoms with Crippen molar-refractivity contribution >= 4 is 23.6 Å². The lowest BCUT2D eigenvalue weighted by atomic mass is 10.1. The molecule has 0 saturated carbocycles. The molecular formula is C24H29NO5. The topological polar surface area (TPSA) is 73.9 Å². The summed E-state index contributed by atoms with van der Waals surface area (Å²) in [7, 11) is 1.55. The van der Waals surface area contributed by atoms with E-state index in [0.29, 0.717) is 41.9 Å². The first-order valence-corrected chi connectivity index (χ1v) is 10.00. The molecule has 0 aliphatic carbocycles. The predicted octanol–water partition coefficient (Wildman–Crippen LogP) is 4.95. The Morgan fingerprint density at radius 1 is 1.07 bits per heavy atom. The monoisotopic (exact) mass is 411 g/mol. The molecule has 0 atom stereocenters. The lowest BCUT2D eigenvalue weighted by Crippen LogP contribution is -2.12. The number of methoxy groups -OCH3 is 1. The van der Waals surface area contributed by atoms with Crippen LogP contribution in [0.2, 0.25) is 0 Å². The van der Waals surface area contributed by atoms with Gasteiger partial charge in [-0.25, -0.2) is 4.79 Å². The standard InChI is InChI=1S/C24H29NO5/c1-5-29-23(26)13-8-18-6-10-20(11-7-18)25-24(27)19-9-12-21(22(16-19)28-4)30-15-14-17(2)3/h6-13,16-17H,5,14-15H2,1-4H3,(H,25,27)/b13-8+. The van der Waals surface area contributed by atoms with Gasteiger partial charge in [-0.15, -0.1) is 0 Å². The van der Waals surface area contributed by atoms with E-state index >= 15 is 0 Å². The van der Waals surface area contributed by atoms with E-state index in [2.05, 4.69) is 19.2 Å². The van der Waals surface area contributed by atoms with Crippen LogP contribution in [0.25, 0.3) is 6.08 Å². The maximum atomic E-state index is 12.6. The molecule has 1 amide bonds. The Bertz CT molecular complexity index is 872. The number of hydrogen-bond acceptors (Lipinski definition) is 5. The summed E-state index contributed by atoms with van der Waals surface area (Å²) in [6, 6.07) is 12.3. The SMILES string of the molecule is CCOC(=O)/C=C/c1ccc(NC(=O)c2ccc(OCCC(C)C)c(OC)c2)cc1. The smallest absolute Gasteiger partial charge is 0.330 e. The van der Waals surface area contributed by atoms with Crippen molar-refractivity contribution in [3.8, 4) is 11.5 Å². The average molecular weight is 411 g/mol. The molecule has 0 fully saturated rings. The second-order valence-corrected chi connectivity index (χ2v) is 7.06. The lowest BCUT2D eigenvalue weighted by molar-refractivity contribution is -0.137. The van der Waals surface area contributed by atoms with Crippen molar-refractivity contribution < 1.29 is 23.8 Å². The van der Waals surface area contributed by atoms with E-state index in [9.17, 15) is 9.59 Å². The van der Waals surface area contributed by atoms with Gasteiger partial charge in [0.1, 0.15) is 0 Å². The molecule has 6 nitrogen and oxygen atoms in total. The minimum atomic E-state index is -0.388. The number of esters is 1. The Labute approximate surface area is 177 Å². The van der Waals surface area contributed by atoms with Crippen LogP contribution in [0, 0.1) is 5.92 Å². The second kappa shape index (κ2) is 11.7. The molecule has 30 heavy (non-hydrogen) atoms. The molecule has 1 N–H and O–H groups in total. The van der Waals surface area contributed by atoms with E-state index in [1.165, 1.54) is 6.08 Å². The molecule has 0 radical (unpaired) electrons. The van der Waals surface area contributed by atoms with Crippen molar-refractivity contribution in [2.24, 2.45) is 5.92 Å². The Hall–Kier alpha value is -3.28. The van der Waals surface area contributed by atoms with Crippen molar-refractivity contribution in [1.29, 1.82) is 0 Å². The van der Waals surface area contributed by atoms with Crippen molar-refractivity contribution in [1.82, 2.24) is 0 Å². The highest BCUT2D eigenvalue weighted by molar-refractivity contribution is 6.04. The number of carbonyl (C=O) groups excluding carboxylic acids is 2. The van der Waals surface area contributed by atoms with Crippen molar-refractivity contribution in [3.05, 3.63) is 59.7 Å². The Morgan fingerprint density at radius 2 is 1.80 bits per heavy atom. The molecular weight excluding hydrogens is 382 g/mol. The van der Waals surface area contributed by atoms with Gasteiger partial charge in [-0.1, -0.05) is 26.0 Å². The van der Waals surface area contributed by atoms with Crippen LogP contribution in [0.1, 0.15) is 43.1 Å². The highest BCUT2D eigenvalue weighted by Gasteiger charge is 2.12. The molecule has 0 heterocycles. The molecule has 160 valence electrons. The quantitative estimate of drug-likeness (QED) is 0.442. The number of ether oxygens (including phenoxy) is 3. The summed E-state index contributed by atoms with van der Waals surface area (Å²) >= 11 is 0. The van der Waals surface area contributed by atoms with Crippen LogP contribution in [-0.2, 0) is 9.53 Å². The molecule has 0 aromatic heterocycles. The molecule has 0 aliphatic rings. The summed E-state index contributed by atoms with van der Waals surface area (Å²) < 4.78 is 16.0. The third kappa shape index (κ3) is 7.28. The number of amides is 1. The predicted molar refractivity (Wildman–Crippen MR) is 118 cm³/mol. The first kappa shape index (κ1) is 23.0. The van der Waals surface area contributed by atoms with Gasteiger partial charge in [0, 0.05) is 17.3 Å². The third-order valence-electron chi connectivity index (χ3n) is 4.25. The van der Waals surface area contributed by atoms with Crippen molar-refractivity contribution in [3.63, 3.8) is 0 Å². The maximum absolute atomic E-state index is 12.6. The summed E-state index contributed by atoms with van der Waals surface area (Å²) in [4.78, 5) is 24.0. The summed E-state index contributed by atoms with van der Waals surface area (Å²) in [6.07, 6.45) is 3.97. The highest BCUT2D eigenvalue weighted by atomic mass is 16.5. The summed E-state index contributed by atoms with van der Waals surface area (Å²) in [6.45, 7) is 6.96. The van der Waals surface area contributed by atoms with Gasteiger partial charge in [0.15, 0.2) is 11.5 Å². The largest absolute Gasteiger partial charge is 0.493 e. The van der Waals surface area contributed by atoms with Crippen LogP contribution in [0.3, 0.4) is 0 Å². The van der Waals surface area contributed by atoms with E-state index in [1.807, 2.05) is 0 Å². The Morgan fingerprint density at radius 3 is 2.43 bits per heavy atom. The van der Waals surface area contributed by atoms with Gasteiger partial charge in [0.25, 0.3) is 5.91 Å². The minimum Gasteiger partial charge on any atom is -0.493 e. The molecule has 6 heteroatoms. The summed E-state index contributed by atoms with van der Waals surface area (Å²) in [5, 5.41) is 2.85. The number of hydrogen-bond donors (Lipinski definition) is 1. The van der Waals surface area contributed by atoms with Crippen molar-refractivity contribution in [2.75, 3.05) is 25.6 Å². The lowest BCUT2D eigenvalue weighted by Gasteiger charge is -2.13. The van der Waals surface area contributed by atoms with Gasteiger partial charge in [0.2, 0.25) is 0 Å². The second-order valence-electron chi connectivity index (χ2n) is 7.06. The van der Waals surface area contributed by atoms with E-state index in [4.69, 9.17) is 14.2 Å². The average Bonchev–Trinajstić information content (AvgIpc) is 2.73. The van der Waals surface area contributed by atoms with Crippen LogP contribution in [0.4, 0.5) is 5.69 Å². The fourth-order valence-corrected chi connectivity index (χ4v) is 2.57. The third-order valence-corrected chi connectivity index (χ3v) is 4.25. The van der Waals surface area contributed by atoms with Gasteiger partial charge in [-0.05, 0) is 61.2 Å². The minimum absolute atomic E-state index is 0.253. The highest BCUT2D eigenvalue weighted by Crippen LogP contribution is 2.29. The Balaban J connectivity index is 2.00. The van der Waals surface area contributed by atoms with Crippen LogP contribution in [-0.4, -0.2) is 32.2 Å². The van der Waals surface area contributed by atoms with Crippen LogP contribution in [0.5, 0.6) is 11.5 Å². The van der Waals surface area contributed by atoms with Gasteiger partial charge in [-0.2, -0.15) is 0 Å². The van der Waals surface area contributed by atoms with E-state index in [0.717, 1.165) is 12.0 Å². The molecule has 2 rings (SSSR count). The molecule has 0 spiro atoms. The first-order chi connectivity index (χ1) is 14.4. The zero-order chi connectivity index (χ0) is 21.9. The van der Waals surface area contributed by atoms with Crippen LogP contribution < -0.4 is 14.8 Å². The molecule has 0 saturated heterocycles. The summed E-state index contributed by atoms with van der Waals surface area (Å²) in [5.74, 6) is 1.05. The number of carbonyl (C=O) groups is 2. The van der Waals surface area contributed by atoms with E-state index in [1.54, 1.807) is 62.6 Å². The number of anilines is 1. The molecule has 2 aromatic rings. The zero-order valence-electron chi connectivity index (χ0n) is 17.9. The first-order valence-electron chi connectivity index (χ1n) is 10.00. The molecule has 2 aromatic carbocycles. The zero-order valence-corrected chi connectivity index (χ0v) is 17.9. The van der Waals surface area contributed by atoms with Crippen LogP contribution >= 0.6 is 0 Å². The van der Waals surface area contributed by atoms with Gasteiger partial charge in [0.05, 0.1) is 20.3 Å². The van der Waals surface area contributed by atoms with Gasteiger partial charge >= 0.3 is 5.97 Å². The maximum Gasteiger partial charge on any atom is 0.330 e. The summed E-state index contributed by atoms with van der Waals surface area (Å²) in [5.41, 5.74) is 1.93. The Kier molecular flexibility index (Phi) is 8.94. The van der Waals surface area contributed by atoms with Crippen LogP contribution in [0.15, 0.2) is 48.5 Å². The van der Waals surface area contributed by atoms with E-state index < -0.39 is 0 Å². The number of rotatable bonds is 10. The fourth-order valence-electron chi connectivity index (χ4n) is 2.57. The number of nitrogens with one attached hydrogen (secondary N) is 1. The van der Waals surface area contributed by atoms with Gasteiger partial charge < -0.3 is 19.5 Å². The fraction of sp³-hybridized carbons (Fsp3) is 0.333. The van der Waals surface area contributed by atoms with Gasteiger partial charge in [-0.3, -0.25) is 4.79 Å². The van der Waals surface area contributed by atoms with E-state index in [-0.39, 0.29) is 11.9 Å². The molecule has 0 aliphatic heterocycles. The molecule has 0 unspecified atom stereocenters. The molecule has 0 bridgehead atoms. The number of benzene rings is 2.